The fourth-order valence-electron chi connectivity index (χ4n) is 2.60. The Morgan fingerprint density at radius 2 is 2.23 bits per heavy atom. The van der Waals surface area contributed by atoms with E-state index >= 15 is 0 Å². The van der Waals surface area contributed by atoms with Crippen LogP contribution in [-0.4, -0.2) is 28.4 Å². The Hall–Kier alpha value is 0.137. The average molecular weight is 200 g/mol. The van der Waals surface area contributed by atoms with Crippen LogP contribution in [0.1, 0.15) is 32.6 Å². The van der Waals surface area contributed by atoms with Crippen molar-refractivity contribution in [1.29, 1.82) is 0 Å². The van der Waals surface area contributed by atoms with Crippen molar-refractivity contribution in [3.8, 4) is 0 Å². The number of epoxide rings is 1. The Balaban J connectivity index is 1.82. The first-order valence-electron chi connectivity index (χ1n) is 5.53. The maximum Gasteiger partial charge on any atom is 0.179 e. The van der Waals surface area contributed by atoms with Gasteiger partial charge in [0.15, 0.2) is 9.04 Å². The van der Waals surface area contributed by atoms with Gasteiger partial charge in [-0.25, -0.2) is 0 Å². The van der Waals surface area contributed by atoms with Crippen molar-refractivity contribution in [3.63, 3.8) is 0 Å². The lowest BCUT2D eigenvalue weighted by molar-refractivity contribution is 0.368. The third-order valence-electron chi connectivity index (χ3n) is 3.45. The Labute approximate surface area is 82.3 Å². The molecule has 0 aromatic heterocycles. The largest absolute Gasteiger partial charge is 0.423 e. The van der Waals surface area contributed by atoms with E-state index in [0.717, 1.165) is 5.54 Å². The summed E-state index contributed by atoms with van der Waals surface area (Å²) >= 11 is 0. The van der Waals surface area contributed by atoms with Crippen molar-refractivity contribution in [3.05, 3.63) is 0 Å². The predicted molar refractivity (Wildman–Crippen MR) is 55.5 cm³/mol. The van der Waals surface area contributed by atoms with E-state index < -0.39 is 9.04 Å². The summed E-state index contributed by atoms with van der Waals surface area (Å²) in [5.74, 6) is 0. The highest BCUT2D eigenvalue weighted by Crippen LogP contribution is 2.44. The molecule has 2 aliphatic rings. The second kappa shape index (κ2) is 4.11. The molecule has 0 radical (unpaired) electrons. The number of fused-ring (bicyclic) bond motifs is 1. The number of hydrogen-bond donors (Lipinski definition) is 0. The summed E-state index contributed by atoms with van der Waals surface area (Å²) < 4.78 is 11.2. The summed E-state index contributed by atoms with van der Waals surface area (Å²) in [7, 11) is 1.02. The first-order valence-corrected chi connectivity index (χ1v) is 7.48. The van der Waals surface area contributed by atoms with Crippen molar-refractivity contribution in [2.75, 3.05) is 7.11 Å². The fraction of sp³-hybridized carbons (Fsp3) is 1.00. The summed E-state index contributed by atoms with van der Waals surface area (Å²) in [6.07, 6.45) is 6.52. The second-order valence-electron chi connectivity index (χ2n) is 4.35. The molecule has 1 aliphatic carbocycles. The molecule has 0 N–H and O–H groups in total. The molecular formula is C10H20O2Si. The van der Waals surface area contributed by atoms with Crippen LogP contribution >= 0.6 is 0 Å². The van der Waals surface area contributed by atoms with Crippen molar-refractivity contribution in [2.45, 2.75) is 56.4 Å². The van der Waals surface area contributed by atoms with E-state index in [1.165, 1.54) is 31.7 Å². The molecule has 0 amide bonds. The zero-order valence-corrected chi connectivity index (χ0v) is 9.82. The topological polar surface area (TPSA) is 21.8 Å². The van der Waals surface area contributed by atoms with Crippen LogP contribution in [-0.2, 0) is 9.16 Å². The van der Waals surface area contributed by atoms with Crippen molar-refractivity contribution >= 4 is 9.04 Å². The van der Waals surface area contributed by atoms with E-state index in [4.69, 9.17) is 9.16 Å². The minimum Gasteiger partial charge on any atom is -0.423 e. The summed E-state index contributed by atoms with van der Waals surface area (Å²) in [5.41, 5.74) is 0.897. The Kier molecular flexibility index (Phi) is 3.06. The molecule has 2 fully saturated rings. The molecule has 1 aliphatic heterocycles. The molecule has 0 spiro atoms. The van der Waals surface area contributed by atoms with Crippen LogP contribution in [0.4, 0.5) is 0 Å². The highest BCUT2D eigenvalue weighted by Gasteiger charge is 2.45. The summed E-state index contributed by atoms with van der Waals surface area (Å²) in [4.78, 5) is 0. The highest BCUT2D eigenvalue weighted by molar-refractivity contribution is 6.53. The minimum atomic E-state index is -0.886. The number of ether oxygens (including phenoxy) is 1. The zero-order chi connectivity index (χ0) is 9.26. The van der Waals surface area contributed by atoms with Gasteiger partial charge in [-0.3, -0.25) is 0 Å². The van der Waals surface area contributed by atoms with Crippen LogP contribution in [0.15, 0.2) is 0 Å². The van der Waals surface area contributed by atoms with Gasteiger partial charge in [-0.05, 0) is 30.8 Å². The first-order chi connectivity index (χ1) is 6.35. The number of hydrogen-bond acceptors (Lipinski definition) is 2. The van der Waals surface area contributed by atoms with E-state index in [1.54, 1.807) is 0 Å². The number of rotatable bonds is 4. The lowest BCUT2D eigenvalue weighted by Gasteiger charge is -2.25. The Morgan fingerprint density at radius 3 is 2.85 bits per heavy atom. The molecule has 2 rings (SSSR count). The van der Waals surface area contributed by atoms with Crippen molar-refractivity contribution < 1.29 is 9.16 Å². The van der Waals surface area contributed by atoms with Gasteiger partial charge in [0, 0.05) is 7.11 Å². The summed E-state index contributed by atoms with van der Waals surface area (Å²) in [6.45, 7) is 2.26. The van der Waals surface area contributed by atoms with Crippen LogP contribution < -0.4 is 0 Å². The quantitative estimate of drug-likeness (QED) is 0.512. The van der Waals surface area contributed by atoms with E-state index in [2.05, 4.69) is 6.92 Å². The van der Waals surface area contributed by atoms with Gasteiger partial charge in [0.2, 0.25) is 0 Å². The second-order valence-corrected chi connectivity index (χ2v) is 7.42. The lowest BCUT2D eigenvalue weighted by atomic mass is 10.0. The maximum atomic E-state index is 5.68. The first kappa shape index (κ1) is 9.68. The molecule has 0 aromatic rings. The minimum absolute atomic E-state index is 0.626. The standard InChI is InChI=1S/C10H20O2Si/c1-3-6-13(11-2)8-4-5-9-10(7-8)12-9/h8-10,13H,3-7H2,1-2H3. The van der Waals surface area contributed by atoms with E-state index in [0.29, 0.717) is 12.2 Å². The van der Waals surface area contributed by atoms with E-state index in [-0.39, 0.29) is 0 Å². The van der Waals surface area contributed by atoms with Crippen LogP contribution in [0.25, 0.3) is 0 Å². The third kappa shape index (κ3) is 2.14. The molecule has 1 saturated carbocycles. The average Bonchev–Trinajstić information content (AvgIpc) is 2.91. The van der Waals surface area contributed by atoms with Gasteiger partial charge in [0.25, 0.3) is 0 Å². The van der Waals surface area contributed by atoms with E-state index in [9.17, 15) is 0 Å². The molecule has 2 nitrogen and oxygen atoms in total. The van der Waals surface area contributed by atoms with Gasteiger partial charge >= 0.3 is 0 Å². The smallest absolute Gasteiger partial charge is 0.179 e. The molecule has 13 heavy (non-hydrogen) atoms. The van der Waals surface area contributed by atoms with Crippen molar-refractivity contribution in [2.24, 2.45) is 0 Å². The monoisotopic (exact) mass is 200 g/mol. The molecule has 76 valence electrons. The zero-order valence-electron chi connectivity index (χ0n) is 8.66. The van der Waals surface area contributed by atoms with Crippen LogP contribution in [0.5, 0.6) is 0 Å². The van der Waals surface area contributed by atoms with Gasteiger partial charge in [-0.1, -0.05) is 13.3 Å². The third-order valence-corrected chi connectivity index (χ3v) is 6.86. The molecule has 1 saturated heterocycles. The fourth-order valence-corrected chi connectivity index (χ4v) is 5.40. The molecular weight excluding hydrogens is 180 g/mol. The molecule has 0 bridgehead atoms. The van der Waals surface area contributed by atoms with Crippen LogP contribution in [0, 0.1) is 0 Å². The predicted octanol–water partition coefficient (Wildman–Crippen LogP) is 2.09. The van der Waals surface area contributed by atoms with Gasteiger partial charge in [0.1, 0.15) is 0 Å². The van der Waals surface area contributed by atoms with Gasteiger partial charge in [0.05, 0.1) is 12.2 Å². The van der Waals surface area contributed by atoms with Crippen LogP contribution in [0.2, 0.25) is 11.6 Å². The molecule has 1 heterocycles. The SMILES string of the molecule is CCC[SiH](OC)C1CCC2OC2C1. The van der Waals surface area contributed by atoms with E-state index in [1.807, 2.05) is 7.11 Å². The Morgan fingerprint density at radius 1 is 1.38 bits per heavy atom. The van der Waals surface area contributed by atoms with Crippen LogP contribution in [0.3, 0.4) is 0 Å². The summed E-state index contributed by atoms with van der Waals surface area (Å²) in [6, 6.07) is 1.35. The Bertz CT molecular complexity index is 174. The van der Waals surface area contributed by atoms with Gasteiger partial charge < -0.3 is 9.16 Å². The summed E-state index contributed by atoms with van der Waals surface area (Å²) in [5, 5.41) is 0. The molecule has 4 unspecified atom stereocenters. The maximum absolute atomic E-state index is 5.68. The molecule has 3 heteroatoms. The van der Waals surface area contributed by atoms with Crippen molar-refractivity contribution in [1.82, 2.24) is 0 Å². The molecule has 4 atom stereocenters. The molecule has 0 aromatic carbocycles. The van der Waals surface area contributed by atoms with Gasteiger partial charge in [-0.15, -0.1) is 0 Å². The van der Waals surface area contributed by atoms with Gasteiger partial charge in [-0.2, -0.15) is 0 Å². The normalized spacial score (nSPS) is 39.7. The lowest BCUT2D eigenvalue weighted by Crippen LogP contribution is -2.27. The highest BCUT2D eigenvalue weighted by atomic mass is 28.3.